The molecule has 0 aliphatic rings. The van der Waals surface area contributed by atoms with Crippen molar-refractivity contribution in [2.45, 2.75) is 79.8 Å². The summed E-state index contributed by atoms with van der Waals surface area (Å²) in [7, 11) is 0. The molecule has 2 atom stereocenters. The van der Waals surface area contributed by atoms with Crippen molar-refractivity contribution in [3.05, 3.63) is 35.4 Å². The quantitative estimate of drug-likeness (QED) is 0.560. The van der Waals surface area contributed by atoms with E-state index in [1.807, 2.05) is 38.1 Å². The van der Waals surface area contributed by atoms with Crippen LogP contribution in [0.5, 0.6) is 0 Å². The molecule has 0 heterocycles. The van der Waals surface area contributed by atoms with Gasteiger partial charge in [-0.3, -0.25) is 4.79 Å². The van der Waals surface area contributed by atoms with Crippen molar-refractivity contribution in [1.82, 2.24) is 0 Å². The van der Waals surface area contributed by atoms with Crippen molar-refractivity contribution >= 4 is 5.97 Å². The molecule has 0 radical (unpaired) electrons. The van der Waals surface area contributed by atoms with Gasteiger partial charge in [0.05, 0.1) is 17.6 Å². The minimum absolute atomic E-state index is 0.0938. The van der Waals surface area contributed by atoms with Gasteiger partial charge < -0.3 is 9.84 Å². The second-order valence-electron chi connectivity index (χ2n) is 8.78. The summed E-state index contributed by atoms with van der Waals surface area (Å²) in [5.41, 5.74) is 0.834. The third-order valence-electron chi connectivity index (χ3n) is 5.51. The molecular formula is C23H38O3. The summed E-state index contributed by atoms with van der Waals surface area (Å²) in [4.78, 5) is 12.6. The van der Waals surface area contributed by atoms with Crippen LogP contribution in [0.1, 0.15) is 78.9 Å². The molecular weight excluding hydrogens is 324 g/mol. The van der Waals surface area contributed by atoms with Crippen LogP contribution in [0.15, 0.2) is 24.3 Å². The highest BCUT2D eigenvalue weighted by Gasteiger charge is 2.38. The van der Waals surface area contributed by atoms with E-state index in [1.54, 1.807) is 0 Å². The Kier molecular flexibility index (Phi) is 8.33. The van der Waals surface area contributed by atoms with E-state index >= 15 is 0 Å². The van der Waals surface area contributed by atoms with Crippen LogP contribution in [0.4, 0.5) is 0 Å². The standard InChI is InChI=1S/C23H38O3/c1-8-14-23(7,25)20-11-9-19(10-12-20)13-15-26-21(24)22(6,18(4)5)16-17(2)3/h9-12,17-18,25H,8,13-16H2,1-7H3. The summed E-state index contributed by atoms with van der Waals surface area (Å²) < 4.78 is 5.62. The zero-order chi connectivity index (χ0) is 20.0. The van der Waals surface area contributed by atoms with Crippen LogP contribution in [0, 0.1) is 17.3 Å². The van der Waals surface area contributed by atoms with Crippen molar-refractivity contribution < 1.29 is 14.6 Å². The molecule has 0 aliphatic carbocycles. The summed E-state index contributed by atoms with van der Waals surface area (Å²) >= 11 is 0. The Morgan fingerprint density at radius 1 is 1.12 bits per heavy atom. The lowest BCUT2D eigenvalue weighted by Crippen LogP contribution is -2.36. The van der Waals surface area contributed by atoms with Crippen LogP contribution in [-0.4, -0.2) is 17.7 Å². The molecule has 2 unspecified atom stereocenters. The second-order valence-corrected chi connectivity index (χ2v) is 8.78. The average molecular weight is 363 g/mol. The van der Waals surface area contributed by atoms with Gasteiger partial charge in [0.15, 0.2) is 0 Å². The maximum Gasteiger partial charge on any atom is 0.312 e. The Labute approximate surface area is 160 Å². The molecule has 0 spiro atoms. The first kappa shape index (κ1) is 22.7. The van der Waals surface area contributed by atoms with E-state index in [9.17, 15) is 9.90 Å². The number of hydrogen-bond acceptors (Lipinski definition) is 3. The maximum absolute atomic E-state index is 12.6. The normalized spacial score (nSPS) is 16.4. The molecule has 0 amide bonds. The van der Waals surface area contributed by atoms with Gasteiger partial charge >= 0.3 is 5.97 Å². The fourth-order valence-corrected chi connectivity index (χ4v) is 3.49. The number of esters is 1. The van der Waals surface area contributed by atoms with Crippen molar-refractivity contribution in [3.8, 4) is 0 Å². The first-order valence-electron chi connectivity index (χ1n) is 10.0. The lowest BCUT2D eigenvalue weighted by Gasteiger charge is -2.32. The summed E-state index contributed by atoms with van der Waals surface area (Å²) in [6, 6.07) is 7.99. The number of carbonyl (C=O) groups is 1. The topological polar surface area (TPSA) is 46.5 Å². The molecule has 1 rings (SSSR count). The summed E-state index contributed by atoms with van der Waals surface area (Å²) in [5, 5.41) is 10.5. The molecule has 148 valence electrons. The first-order chi connectivity index (χ1) is 12.0. The number of rotatable bonds is 10. The van der Waals surface area contributed by atoms with Crippen molar-refractivity contribution in [2.24, 2.45) is 17.3 Å². The lowest BCUT2D eigenvalue weighted by molar-refractivity contribution is -0.158. The van der Waals surface area contributed by atoms with Gasteiger partial charge in [0.1, 0.15) is 0 Å². The van der Waals surface area contributed by atoms with Crippen molar-refractivity contribution in [2.75, 3.05) is 6.61 Å². The third kappa shape index (κ3) is 6.12. The SMILES string of the molecule is CCCC(C)(O)c1ccc(CCOC(=O)C(C)(CC(C)C)C(C)C)cc1. The van der Waals surface area contributed by atoms with Crippen LogP contribution < -0.4 is 0 Å². The van der Waals surface area contributed by atoms with E-state index < -0.39 is 11.0 Å². The fraction of sp³-hybridized carbons (Fsp3) is 0.696. The molecule has 0 saturated heterocycles. The third-order valence-corrected chi connectivity index (χ3v) is 5.51. The minimum Gasteiger partial charge on any atom is -0.465 e. The van der Waals surface area contributed by atoms with Crippen LogP contribution in [0.3, 0.4) is 0 Å². The van der Waals surface area contributed by atoms with E-state index in [0.29, 0.717) is 18.9 Å². The average Bonchev–Trinajstić information content (AvgIpc) is 2.54. The Morgan fingerprint density at radius 2 is 1.69 bits per heavy atom. The summed E-state index contributed by atoms with van der Waals surface area (Å²) in [6.07, 6.45) is 3.21. The predicted octanol–water partition coefficient (Wildman–Crippen LogP) is 5.49. The molecule has 1 aromatic rings. The highest BCUT2D eigenvalue weighted by molar-refractivity contribution is 5.76. The summed E-state index contributed by atoms with van der Waals surface area (Å²) in [6.45, 7) is 14.8. The summed E-state index contributed by atoms with van der Waals surface area (Å²) in [5.74, 6) is 0.611. The van der Waals surface area contributed by atoms with Crippen LogP contribution in [-0.2, 0) is 21.6 Å². The fourth-order valence-electron chi connectivity index (χ4n) is 3.49. The molecule has 26 heavy (non-hydrogen) atoms. The monoisotopic (exact) mass is 362 g/mol. The Balaban J connectivity index is 2.63. The van der Waals surface area contributed by atoms with Gasteiger partial charge in [-0.15, -0.1) is 0 Å². The number of aliphatic hydroxyl groups is 1. The number of ether oxygens (including phenoxy) is 1. The van der Waals surface area contributed by atoms with E-state index in [2.05, 4.69) is 34.6 Å². The zero-order valence-corrected chi connectivity index (χ0v) is 17.8. The molecule has 1 N–H and O–H groups in total. The van der Waals surface area contributed by atoms with E-state index in [1.165, 1.54) is 0 Å². The highest BCUT2D eigenvalue weighted by atomic mass is 16.5. The van der Waals surface area contributed by atoms with Crippen molar-refractivity contribution in [1.29, 1.82) is 0 Å². The predicted molar refractivity (Wildman–Crippen MR) is 108 cm³/mol. The molecule has 0 aromatic heterocycles. The van der Waals surface area contributed by atoms with Gasteiger partial charge in [0.25, 0.3) is 0 Å². The Hall–Kier alpha value is -1.35. The van der Waals surface area contributed by atoms with E-state index in [0.717, 1.165) is 30.4 Å². The molecule has 0 saturated carbocycles. The second kappa shape index (κ2) is 9.55. The minimum atomic E-state index is -0.782. The largest absolute Gasteiger partial charge is 0.465 e. The van der Waals surface area contributed by atoms with Gasteiger partial charge in [0, 0.05) is 6.42 Å². The highest BCUT2D eigenvalue weighted by Crippen LogP contribution is 2.35. The van der Waals surface area contributed by atoms with Gasteiger partial charge in [-0.1, -0.05) is 65.3 Å². The van der Waals surface area contributed by atoms with Crippen LogP contribution in [0.2, 0.25) is 0 Å². The van der Waals surface area contributed by atoms with Gasteiger partial charge in [-0.25, -0.2) is 0 Å². The zero-order valence-electron chi connectivity index (χ0n) is 17.8. The van der Waals surface area contributed by atoms with Gasteiger partial charge in [-0.2, -0.15) is 0 Å². The van der Waals surface area contributed by atoms with Crippen molar-refractivity contribution in [3.63, 3.8) is 0 Å². The smallest absolute Gasteiger partial charge is 0.312 e. The van der Waals surface area contributed by atoms with Gasteiger partial charge in [0.2, 0.25) is 0 Å². The van der Waals surface area contributed by atoms with Gasteiger partial charge in [-0.05, 0) is 49.7 Å². The lowest BCUT2D eigenvalue weighted by atomic mass is 9.73. The molecule has 3 nitrogen and oxygen atoms in total. The molecule has 0 fully saturated rings. The first-order valence-corrected chi connectivity index (χ1v) is 10.0. The number of hydrogen-bond donors (Lipinski definition) is 1. The van der Waals surface area contributed by atoms with E-state index in [4.69, 9.17) is 4.74 Å². The molecule has 3 heteroatoms. The van der Waals surface area contributed by atoms with E-state index in [-0.39, 0.29) is 11.9 Å². The molecule has 1 aromatic carbocycles. The van der Waals surface area contributed by atoms with Crippen LogP contribution >= 0.6 is 0 Å². The number of benzene rings is 1. The molecule has 0 aliphatic heterocycles. The number of carbonyl (C=O) groups excluding carboxylic acids is 1. The Bertz CT molecular complexity index is 557. The maximum atomic E-state index is 12.6. The molecule has 0 bridgehead atoms. The van der Waals surface area contributed by atoms with Crippen LogP contribution in [0.25, 0.3) is 0 Å². The Morgan fingerprint density at radius 3 is 2.15 bits per heavy atom.